The van der Waals surface area contributed by atoms with E-state index >= 15 is 0 Å². The Morgan fingerprint density at radius 3 is 2.37 bits per heavy atom. The van der Waals surface area contributed by atoms with E-state index in [4.69, 9.17) is 9.47 Å². The lowest BCUT2D eigenvalue weighted by Crippen LogP contribution is -2.40. The van der Waals surface area contributed by atoms with E-state index in [0.717, 1.165) is 18.4 Å². The molecule has 1 aromatic carbocycles. The fraction of sp³-hybridized carbons (Fsp3) is 0.524. The predicted octanol–water partition coefficient (Wildman–Crippen LogP) is 2.28. The summed E-state index contributed by atoms with van der Waals surface area (Å²) in [5.74, 6) is -0.622. The van der Waals surface area contributed by atoms with E-state index in [0.29, 0.717) is 24.5 Å². The molecule has 0 heterocycles. The summed E-state index contributed by atoms with van der Waals surface area (Å²) in [5.41, 5.74) is 1.07. The van der Waals surface area contributed by atoms with Crippen molar-refractivity contribution in [2.75, 3.05) is 20.8 Å². The minimum atomic E-state index is -0.849. The molecule has 0 radical (unpaired) electrons. The van der Waals surface area contributed by atoms with Crippen molar-refractivity contribution in [3.05, 3.63) is 35.9 Å². The molecule has 6 heteroatoms. The lowest BCUT2D eigenvalue weighted by molar-refractivity contribution is -0.147. The average Bonchev–Trinajstić information content (AvgIpc) is 3.33. The van der Waals surface area contributed by atoms with Crippen molar-refractivity contribution in [2.45, 2.75) is 19.3 Å². The van der Waals surface area contributed by atoms with Crippen LogP contribution in [0, 0.1) is 29.1 Å². The number of amides is 1. The molecule has 2 fully saturated rings. The molecule has 1 spiro atoms. The van der Waals surface area contributed by atoms with Crippen LogP contribution < -0.4 is 14.8 Å². The van der Waals surface area contributed by atoms with Crippen molar-refractivity contribution in [3.63, 3.8) is 0 Å². The quantitative estimate of drug-likeness (QED) is 0.719. The van der Waals surface area contributed by atoms with Gasteiger partial charge in [0.25, 0.3) is 0 Å². The normalized spacial score (nSPS) is 29.0. The third-order valence-corrected chi connectivity index (χ3v) is 6.59. The van der Waals surface area contributed by atoms with Gasteiger partial charge in [-0.1, -0.05) is 18.2 Å². The number of allylic oxidation sites excluding steroid dienone is 2. The van der Waals surface area contributed by atoms with Crippen LogP contribution in [0.25, 0.3) is 0 Å². The first-order valence-corrected chi connectivity index (χ1v) is 9.41. The van der Waals surface area contributed by atoms with Gasteiger partial charge in [-0.05, 0) is 54.2 Å². The fourth-order valence-electron chi connectivity index (χ4n) is 5.17. The van der Waals surface area contributed by atoms with Gasteiger partial charge in [0.1, 0.15) is 0 Å². The summed E-state index contributed by atoms with van der Waals surface area (Å²) < 4.78 is 10.5. The Labute approximate surface area is 158 Å². The number of carbonyl (C=O) groups excluding carboxylic acids is 1. The van der Waals surface area contributed by atoms with Gasteiger partial charge in [0.2, 0.25) is 5.91 Å². The van der Waals surface area contributed by atoms with Crippen LogP contribution in [0.1, 0.15) is 18.4 Å². The number of benzene rings is 1. The lowest BCUT2D eigenvalue weighted by Gasteiger charge is -2.23. The number of nitrogens with one attached hydrogen (secondary N) is 1. The van der Waals surface area contributed by atoms with Crippen LogP contribution in [-0.2, 0) is 16.0 Å². The molecule has 0 aromatic heterocycles. The summed E-state index contributed by atoms with van der Waals surface area (Å²) >= 11 is 0. The molecule has 2 N–H and O–H groups in total. The molecule has 3 aliphatic rings. The van der Waals surface area contributed by atoms with Gasteiger partial charge >= 0.3 is 5.97 Å². The van der Waals surface area contributed by atoms with Gasteiger partial charge in [0.15, 0.2) is 11.5 Å². The Hall–Kier alpha value is -2.50. The number of aliphatic carboxylic acids is 1. The van der Waals surface area contributed by atoms with Crippen LogP contribution in [0.2, 0.25) is 0 Å². The zero-order chi connectivity index (χ0) is 19.2. The van der Waals surface area contributed by atoms with Crippen molar-refractivity contribution in [1.82, 2.24) is 5.32 Å². The second kappa shape index (κ2) is 6.59. The first-order chi connectivity index (χ1) is 13.0. The number of methoxy groups -OCH3 is 2. The van der Waals surface area contributed by atoms with Gasteiger partial charge in [-0.15, -0.1) is 0 Å². The maximum atomic E-state index is 12.8. The van der Waals surface area contributed by atoms with Gasteiger partial charge in [0, 0.05) is 6.54 Å². The Morgan fingerprint density at radius 1 is 1.11 bits per heavy atom. The molecule has 0 saturated heterocycles. The van der Waals surface area contributed by atoms with Crippen LogP contribution in [0.5, 0.6) is 11.5 Å². The highest BCUT2D eigenvalue weighted by molar-refractivity contribution is 5.87. The van der Waals surface area contributed by atoms with Crippen molar-refractivity contribution in [1.29, 1.82) is 0 Å². The number of carboxylic acid groups (broad SMARTS) is 1. The lowest BCUT2D eigenvalue weighted by atomic mass is 9.82. The number of hydrogen-bond acceptors (Lipinski definition) is 4. The molecule has 144 valence electrons. The molecule has 2 saturated carbocycles. The molecular formula is C21H25NO5. The van der Waals surface area contributed by atoms with Crippen molar-refractivity contribution in [3.8, 4) is 11.5 Å². The molecule has 0 unspecified atom stereocenters. The molecule has 0 aliphatic heterocycles. The Morgan fingerprint density at radius 2 is 1.78 bits per heavy atom. The summed E-state index contributed by atoms with van der Waals surface area (Å²) in [6, 6.07) is 5.67. The maximum Gasteiger partial charge on any atom is 0.307 e. The second-order valence-corrected chi connectivity index (χ2v) is 7.79. The number of ether oxygens (including phenoxy) is 2. The molecule has 1 amide bonds. The van der Waals surface area contributed by atoms with Crippen molar-refractivity contribution in [2.24, 2.45) is 29.1 Å². The molecule has 2 bridgehead atoms. The minimum absolute atomic E-state index is 0.0154. The van der Waals surface area contributed by atoms with Crippen molar-refractivity contribution >= 4 is 11.9 Å². The summed E-state index contributed by atoms with van der Waals surface area (Å²) in [6.07, 6.45) is 6.83. The SMILES string of the molecule is COc1ccc(CCNC(=O)[C@H]2[C@@H](C(=O)O)[C@H]3C=C[C@H]2C32CC2)cc1OC. The van der Waals surface area contributed by atoms with Gasteiger partial charge < -0.3 is 19.9 Å². The van der Waals surface area contributed by atoms with E-state index in [1.165, 1.54) is 0 Å². The predicted molar refractivity (Wildman–Crippen MR) is 98.7 cm³/mol. The maximum absolute atomic E-state index is 12.8. The third-order valence-electron chi connectivity index (χ3n) is 6.59. The highest BCUT2D eigenvalue weighted by atomic mass is 16.5. The van der Waals surface area contributed by atoms with E-state index in [9.17, 15) is 14.7 Å². The van der Waals surface area contributed by atoms with Crippen LogP contribution in [0.4, 0.5) is 0 Å². The second-order valence-electron chi connectivity index (χ2n) is 7.79. The van der Waals surface area contributed by atoms with Gasteiger partial charge in [-0.2, -0.15) is 0 Å². The summed E-state index contributed by atoms with van der Waals surface area (Å²) in [7, 11) is 3.18. The van der Waals surface area contributed by atoms with E-state index in [1.54, 1.807) is 14.2 Å². The molecule has 4 rings (SSSR count). The molecule has 6 nitrogen and oxygen atoms in total. The summed E-state index contributed by atoms with van der Waals surface area (Å²) in [6.45, 7) is 0.464. The van der Waals surface area contributed by atoms with E-state index < -0.39 is 17.8 Å². The highest BCUT2D eigenvalue weighted by Crippen LogP contribution is 2.71. The molecule has 1 aromatic rings. The molecular weight excluding hydrogens is 346 g/mol. The Balaban J connectivity index is 1.40. The number of carbonyl (C=O) groups is 2. The number of hydrogen-bond donors (Lipinski definition) is 2. The number of carboxylic acids is 1. The highest BCUT2D eigenvalue weighted by Gasteiger charge is 2.69. The summed E-state index contributed by atoms with van der Waals surface area (Å²) in [4.78, 5) is 24.6. The molecule has 4 atom stereocenters. The summed E-state index contributed by atoms with van der Waals surface area (Å²) in [5, 5.41) is 12.7. The van der Waals surface area contributed by atoms with E-state index in [2.05, 4.69) is 11.4 Å². The monoisotopic (exact) mass is 371 g/mol. The van der Waals surface area contributed by atoms with Crippen LogP contribution >= 0.6 is 0 Å². The van der Waals surface area contributed by atoms with Crippen LogP contribution in [0.15, 0.2) is 30.4 Å². The standard InChI is InChI=1S/C21H25NO5/c1-26-15-6-3-12(11-16(15)27-2)7-10-22-19(23)17-13-4-5-14(18(17)20(24)25)21(13)8-9-21/h3-6,11,13-14,17-18H,7-10H2,1-2H3,(H,22,23)(H,24,25)/t13-,14-,17-,18+/m1/s1. The van der Waals surface area contributed by atoms with Crippen molar-refractivity contribution < 1.29 is 24.2 Å². The van der Waals surface area contributed by atoms with Gasteiger partial charge in [-0.3, -0.25) is 9.59 Å². The van der Waals surface area contributed by atoms with Crippen LogP contribution in [-0.4, -0.2) is 37.7 Å². The van der Waals surface area contributed by atoms with Gasteiger partial charge in [0.05, 0.1) is 26.1 Å². The van der Waals surface area contributed by atoms with E-state index in [-0.39, 0.29) is 23.2 Å². The molecule has 27 heavy (non-hydrogen) atoms. The van der Waals surface area contributed by atoms with E-state index in [1.807, 2.05) is 24.3 Å². The zero-order valence-corrected chi connectivity index (χ0v) is 15.6. The van der Waals surface area contributed by atoms with Gasteiger partial charge in [-0.25, -0.2) is 0 Å². The third kappa shape index (κ3) is 2.78. The minimum Gasteiger partial charge on any atom is -0.493 e. The molecule has 3 aliphatic carbocycles. The Kier molecular flexibility index (Phi) is 4.36. The topological polar surface area (TPSA) is 84.9 Å². The Bertz CT molecular complexity index is 798. The number of rotatable bonds is 7. The zero-order valence-electron chi connectivity index (χ0n) is 15.6. The largest absolute Gasteiger partial charge is 0.493 e. The fourth-order valence-corrected chi connectivity index (χ4v) is 5.17. The first-order valence-electron chi connectivity index (χ1n) is 9.41. The first kappa shape index (κ1) is 17.9. The van der Waals surface area contributed by atoms with Crippen LogP contribution in [0.3, 0.4) is 0 Å². The average molecular weight is 371 g/mol. The smallest absolute Gasteiger partial charge is 0.307 e.